The summed E-state index contributed by atoms with van der Waals surface area (Å²) in [6, 6.07) is 7.08. The normalized spacial score (nSPS) is 20.8. The predicted molar refractivity (Wildman–Crippen MR) is 76.6 cm³/mol. The number of hydrogen-bond acceptors (Lipinski definition) is 4. The first-order valence-corrected chi connectivity index (χ1v) is 6.55. The zero-order valence-corrected chi connectivity index (χ0v) is 11.7. The van der Waals surface area contributed by atoms with E-state index in [9.17, 15) is 4.79 Å². The molecule has 0 aromatic heterocycles. The van der Waals surface area contributed by atoms with Crippen molar-refractivity contribution in [2.24, 2.45) is 11.1 Å². The molecule has 0 aliphatic carbocycles. The van der Waals surface area contributed by atoms with Crippen LogP contribution in [0.4, 0.5) is 10.5 Å². The van der Waals surface area contributed by atoms with Crippen LogP contribution < -0.4 is 10.1 Å². The summed E-state index contributed by atoms with van der Waals surface area (Å²) in [5.74, 6) is 0.773. The first-order chi connectivity index (χ1) is 9.63. The van der Waals surface area contributed by atoms with Gasteiger partial charge in [0, 0.05) is 37.2 Å². The van der Waals surface area contributed by atoms with Crippen LogP contribution in [0.15, 0.2) is 29.4 Å². The van der Waals surface area contributed by atoms with Gasteiger partial charge >= 0.3 is 6.03 Å². The van der Waals surface area contributed by atoms with E-state index < -0.39 is 0 Å². The molecule has 1 aliphatic heterocycles. The standard InChI is InChI=1S/C14H19N3O3/c1-10-9-17(7-6-13(10)16-19)14(18)15-11-4-3-5-12(8-11)20-2/h3-5,8,10,19H,6-7,9H2,1-2H3,(H,15,18)/b16-13-. The van der Waals surface area contributed by atoms with Crippen LogP contribution in [0.5, 0.6) is 5.75 Å². The van der Waals surface area contributed by atoms with Gasteiger partial charge in [-0.2, -0.15) is 0 Å². The Morgan fingerprint density at radius 2 is 2.35 bits per heavy atom. The maximum atomic E-state index is 12.2. The molecule has 108 valence electrons. The van der Waals surface area contributed by atoms with Crippen LogP contribution in [-0.2, 0) is 0 Å². The lowest BCUT2D eigenvalue weighted by atomic mass is 9.98. The second kappa shape index (κ2) is 6.27. The van der Waals surface area contributed by atoms with Gasteiger partial charge in [-0.1, -0.05) is 18.1 Å². The molecule has 1 aliphatic rings. The summed E-state index contributed by atoms with van der Waals surface area (Å²) in [7, 11) is 1.59. The molecule has 6 nitrogen and oxygen atoms in total. The number of rotatable bonds is 2. The topological polar surface area (TPSA) is 74.2 Å². The van der Waals surface area contributed by atoms with Gasteiger partial charge in [0.2, 0.25) is 0 Å². The molecule has 0 radical (unpaired) electrons. The molecule has 1 aromatic rings. The maximum absolute atomic E-state index is 12.2. The van der Waals surface area contributed by atoms with Crippen molar-refractivity contribution in [2.45, 2.75) is 13.3 Å². The van der Waals surface area contributed by atoms with E-state index in [0.717, 1.165) is 5.71 Å². The van der Waals surface area contributed by atoms with Crippen molar-refractivity contribution < 1.29 is 14.7 Å². The Bertz CT molecular complexity index is 516. The van der Waals surface area contributed by atoms with E-state index in [1.165, 1.54) is 0 Å². The molecule has 1 unspecified atom stereocenters. The molecule has 1 fully saturated rings. The van der Waals surface area contributed by atoms with Crippen molar-refractivity contribution in [3.05, 3.63) is 24.3 Å². The average molecular weight is 277 g/mol. The minimum atomic E-state index is -0.151. The summed E-state index contributed by atoms with van der Waals surface area (Å²) in [5.41, 5.74) is 1.44. The molecule has 2 amide bonds. The van der Waals surface area contributed by atoms with Gasteiger partial charge in [-0.3, -0.25) is 0 Å². The van der Waals surface area contributed by atoms with Gasteiger partial charge in [0.05, 0.1) is 12.8 Å². The van der Waals surface area contributed by atoms with Crippen LogP contribution in [0.3, 0.4) is 0 Å². The largest absolute Gasteiger partial charge is 0.497 e. The smallest absolute Gasteiger partial charge is 0.321 e. The third-order valence-electron chi connectivity index (χ3n) is 3.44. The maximum Gasteiger partial charge on any atom is 0.321 e. The van der Waals surface area contributed by atoms with Crippen LogP contribution in [-0.4, -0.2) is 42.0 Å². The monoisotopic (exact) mass is 277 g/mol. The predicted octanol–water partition coefficient (Wildman–Crippen LogP) is 2.40. The summed E-state index contributed by atoms with van der Waals surface area (Å²) in [5, 5.41) is 14.9. The lowest BCUT2D eigenvalue weighted by molar-refractivity contribution is 0.203. The lowest BCUT2D eigenvalue weighted by Gasteiger charge is -2.31. The van der Waals surface area contributed by atoms with E-state index in [1.54, 1.807) is 18.1 Å². The van der Waals surface area contributed by atoms with Crippen molar-refractivity contribution in [2.75, 3.05) is 25.5 Å². The molecule has 1 atom stereocenters. The molecule has 1 aromatic carbocycles. The van der Waals surface area contributed by atoms with Crippen molar-refractivity contribution in [1.82, 2.24) is 4.90 Å². The van der Waals surface area contributed by atoms with Gasteiger partial charge in [0.25, 0.3) is 0 Å². The number of benzene rings is 1. The summed E-state index contributed by atoms with van der Waals surface area (Å²) in [6.45, 7) is 3.05. The van der Waals surface area contributed by atoms with Gasteiger partial charge in [-0.05, 0) is 12.1 Å². The number of methoxy groups -OCH3 is 1. The Kier molecular flexibility index (Phi) is 4.45. The van der Waals surface area contributed by atoms with Crippen LogP contribution >= 0.6 is 0 Å². The molecular formula is C14H19N3O3. The first kappa shape index (κ1) is 14.2. The van der Waals surface area contributed by atoms with E-state index in [-0.39, 0.29) is 11.9 Å². The Balaban J connectivity index is 1.98. The molecule has 0 saturated carbocycles. The van der Waals surface area contributed by atoms with E-state index in [2.05, 4.69) is 10.5 Å². The minimum Gasteiger partial charge on any atom is -0.497 e. The summed E-state index contributed by atoms with van der Waals surface area (Å²) < 4.78 is 5.12. The SMILES string of the molecule is COc1cccc(NC(=O)N2CC/C(=N/O)C(C)C2)c1. The van der Waals surface area contributed by atoms with Crippen LogP contribution in [0.2, 0.25) is 0 Å². The molecule has 20 heavy (non-hydrogen) atoms. The number of carbonyl (C=O) groups excluding carboxylic acids is 1. The average Bonchev–Trinajstić information content (AvgIpc) is 2.47. The quantitative estimate of drug-likeness (QED) is 0.644. The van der Waals surface area contributed by atoms with Gasteiger partial charge in [-0.25, -0.2) is 4.79 Å². The second-order valence-corrected chi connectivity index (χ2v) is 4.85. The van der Waals surface area contributed by atoms with E-state index in [1.807, 2.05) is 25.1 Å². The number of nitrogens with one attached hydrogen (secondary N) is 1. The third-order valence-corrected chi connectivity index (χ3v) is 3.44. The number of piperidine rings is 1. The number of likely N-dealkylation sites (tertiary alicyclic amines) is 1. The highest BCUT2D eigenvalue weighted by Crippen LogP contribution is 2.19. The van der Waals surface area contributed by atoms with E-state index in [4.69, 9.17) is 9.94 Å². The van der Waals surface area contributed by atoms with Crippen molar-refractivity contribution >= 4 is 17.4 Å². The molecule has 2 N–H and O–H groups in total. The van der Waals surface area contributed by atoms with E-state index in [0.29, 0.717) is 30.9 Å². The molecule has 0 spiro atoms. The van der Waals surface area contributed by atoms with Gasteiger partial charge in [0.15, 0.2) is 0 Å². The number of oxime groups is 1. The highest BCUT2D eigenvalue weighted by Gasteiger charge is 2.25. The number of anilines is 1. The Hall–Kier alpha value is -2.24. The zero-order valence-electron chi connectivity index (χ0n) is 11.7. The van der Waals surface area contributed by atoms with Crippen molar-refractivity contribution in [3.63, 3.8) is 0 Å². The van der Waals surface area contributed by atoms with E-state index >= 15 is 0 Å². The zero-order chi connectivity index (χ0) is 14.5. The first-order valence-electron chi connectivity index (χ1n) is 6.55. The number of amides is 2. The second-order valence-electron chi connectivity index (χ2n) is 4.85. The number of nitrogens with zero attached hydrogens (tertiary/aromatic N) is 2. The third kappa shape index (κ3) is 3.20. The summed E-state index contributed by atoms with van der Waals surface area (Å²) in [6.07, 6.45) is 0.600. The highest BCUT2D eigenvalue weighted by atomic mass is 16.5. The number of urea groups is 1. The fraction of sp³-hybridized carbons (Fsp3) is 0.429. The van der Waals surface area contributed by atoms with Crippen molar-refractivity contribution in [1.29, 1.82) is 0 Å². The van der Waals surface area contributed by atoms with Crippen molar-refractivity contribution in [3.8, 4) is 5.75 Å². The lowest BCUT2D eigenvalue weighted by Crippen LogP contribution is -2.45. The Labute approximate surface area is 118 Å². The fourth-order valence-electron chi connectivity index (χ4n) is 2.26. The molecule has 1 saturated heterocycles. The number of ether oxygens (including phenoxy) is 1. The van der Waals surface area contributed by atoms with Crippen LogP contribution in [0.1, 0.15) is 13.3 Å². The Morgan fingerprint density at radius 1 is 1.55 bits per heavy atom. The fourth-order valence-corrected chi connectivity index (χ4v) is 2.26. The van der Waals surface area contributed by atoms with Gasteiger partial charge < -0.3 is 20.2 Å². The minimum absolute atomic E-state index is 0.0739. The molecule has 1 heterocycles. The Morgan fingerprint density at radius 3 is 3.00 bits per heavy atom. The molecular weight excluding hydrogens is 258 g/mol. The highest BCUT2D eigenvalue weighted by molar-refractivity contribution is 5.93. The summed E-state index contributed by atoms with van der Waals surface area (Å²) >= 11 is 0. The van der Waals surface area contributed by atoms with Crippen LogP contribution in [0.25, 0.3) is 0 Å². The summed E-state index contributed by atoms with van der Waals surface area (Å²) in [4.78, 5) is 13.9. The van der Waals surface area contributed by atoms with Gasteiger partial charge in [0.1, 0.15) is 5.75 Å². The molecule has 0 bridgehead atoms. The molecule has 6 heteroatoms. The number of carbonyl (C=O) groups is 1. The van der Waals surface area contributed by atoms with Gasteiger partial charge in [-0.15, -0.1) is 0 Å². The van der Waals surface area contributed by atoms with Crippen LogP contribution in [0, 0.1) is 5.92 Å². The number of hydrogen-bond donors (Lipinski definition) is 2. The molecule has 2 rings (SSSR count).